The number of aryl methyl sites for hydroxylation is 1. The van der Waals surface area contributed by atoms with Crippen molar-refractivity contribution in [1.29, 1.82) is 0 Å². The summed E-state index contributed by atoms with van der Waals surface area (Å²) in [5, 5.41) is 2.75. The van der Waals surface area contributed by atoms with Gasteiger partial charge in [0.1, 0.15) is 11.6 Å². The van der Waals surface area contributed by atoms with Gasteiger partial charge in [0.05, 0.1) is 16.9 Å². The molecule has 1 heterocycles. The van der Waals surface area contributed by atoms with Crippen LogP contribution < -0.4 is 5.32 Å². The number of halogens is 5. The minimum atomic E-state index is -4.83. The maximum absolute atomic E-state index is 13.9. The summed E-state index contributed by atoms with van der Waals surface area (Å²) in [5.74, 6) is -2.55. The predicted molar refractivity (Wildman–Crippen MR) is 123 cm³/mol. The largest absolute Gasteiger partial charge is 0.419 e. The Hall–Kier alpha value is -3.31. The second-order valence-corrected chi connectivity index (χ2v) is 10.4. The standard InChI is InChI=1S/C25H21F5N2O3S/c1-15-2-4-17-14-32(36(34,35)19-7-5-18(26)6-8-19)11-10-20(17)24(15)31-23(33)13-16-3-9-21(22(27)12-16)25(28,29)30/h2-9,12H,10-11,13-14H2,1H3,(H,31,33). The van der Waals surface area contributed by atoms with Gasteiger partial charge < -0.3 is 5.32 Å². The van der Waals surface area contributed by atoms with Gasteiger partial charge in [0.2, 0.25) is 15.9 Å². The molecule has 1 aliphatic rings. The van der Waals surface area contributed by atoms with Gasteiger partial charge >= 0.3 is 6.18 Å². The Balaban J connectivity index is 1.52. The van der Waals surface area contributed by atoms with E-state index in [1.54, 1.807) is 19.1 Å². The summed E-state index contributed by atoms with van der Waals surface area (Å²) in [6, 6.07) is 10.4. The molecule has 1 amide bonds. The van der Waals surface area contributed by atoms with Gasteiger partial charge in [-0.1, -0.05) is 18.2 Å². The highest BCUT2D eigenvalue weighted by Gasteiger charge is 2.34. The van der Waals surface area contributed by atoms with Crippen LogP contribution in [-0.4, -0.2) is 25.2 Å². The summed E-state index contributed by atoms with van der Waals surface area (Å²) >= 11 is 0. The minimum Gasteiger partial charge on any atom is -0.325 e. The number of benzene rings is 3. The molecular formula is C25H21F5N2O3S. The van der Waals surface area contributed by atoms with Crippen molar-refractivity contribution < 1.29 is 35.2 Å². The second kappa shape index (κ2) is 9.62. The number of sulfonamides is 1. The molecule has 190 valence electrons. The SMILES string of the molecule is Cc1ccc2c(c1NC(=O)Cc1ccc(C(F)(F)F)c(F)c1)CCN(S(=O)(=O)c1ccc(F)cc1)C2. The Morgan fingerprint density at radius 1 is 1.03 bits per heavy atom. The zero-order valence-corrected chi connectivity index (χ0v) is 19.8. The van der Waals surface area contributed by atoms with Crippen molar-refractivity contribution in [2.45, 2.75) is 37.4 Å². The molecule has 0 fully saturated rings. The van der Waals surface area contributed by atoms with Crippen LogP contribution in [0.5, 0.6) is 0 Å². The topological polar surface area (TPSA) is 66.5 Å². The second-order valence-electron chi connectivity index (χ2n) is 8.47. The predicted octanol–water partition coefficient (Wildman–Crippen LogP) is 5.22. The maximum atomic E-state index is 13.9. The van der Waals surface area contributed by atoms with Crippen LogP contribution in [0.25, 0.3) is 0 Å². The summed E-state index contributed by atoms with van der Waals surface area (Å²) in [6.07, 6.45) is -4.88. The van der Waals surface area contributed by atoms with E-state index in [0.29, 0.717) is 29.8 Å². The quantitative estimate of drug-likeness (QED) is 0.466. The fraction of sp³-hybridized carbons (Fsp3) is 0.240. The van der Waals surface area contributed by atoms with Crippen molar-refractivity contribution in [3.05, 3.63) is 94.0 Å². The van der Waals surface area contributed by atoms with Crippen LogP contribution in [0.4, 0.5) is 27.6 Å². The van der Waals surface area contributed by atoms with Crippen LogP contribution in [-0.2, 0) is 40.4 Å². The molecule has 11 heteroatoms. The van der Waals surface area contributed by atoms with E-state index >= 15 is 0 Å². The van der Waals surface area contributed by atoms with E-state index in [4.69, 9.17) is 0 Å². The molecule has 0 atom stereocenters. The number of anilines is 1. The number of rotatable bonds is 5. The zero-order chi connectivity index (χ0) is 26.3. The first-order chi connectivity index (χ1) is 16.9. The molecule has 0 saturated carbocycles. The first-order valence-corrected chi connectivity index (χ1v) is 12.3. The lowest BCUT2D eigenvalue weighted by molar-refractivity contribution is -0.140. The van der Waals surface area contributed by atoms with E-state index in [1.807, 2.05) is 0 Å². The monoisotopic (exact) mass is 524 g/mol. The third kappa shape index (κ3) is 5.26. The molecule has 5 nitrogen and oxygen atoms in total. The third-order valence-electron chi connectivity index (χ3n) is 6.00. The Morgan fingerprint density at radius 3 is 2.36 bits per heavy atom. The Kier molecular flexibility index (Phi) is 6.89. The summed E-state index contributed by atoms with van der Waals surface area (Å²) in [4.78, 5) is 12.6. The van der Waals surface area contributed by atoms with E-state index < -0.39 is 39.3 Å². The molecule has 0 radical (unpaired) electrons. The Bertz CT molecular complexity index is 1420. The van der Waals surface area contributed by atoms with E-state index in [0.717, 1.165) is 29.3 Å². The van der Waals surface area contributed by atoms with Gasteiger partial charge in [0.15, 0.2) is 0 Å². The van der Waals surface area contributed by atoms with E-state index in [9.17, 15) is 35.2 Å². The summed E-state index contributed by atoms with van der Waals surface area (Å²) in [7, 11) is -3.86. The molecule has 0 aliphatic carbocycles. The molecule has 0 bridgehead atoms. The molecule has 4 rings (SSSR count). The van der Waals surface area contributed by atoms with Gasteiger partial charge in [-0.05, 0) is 72.0 Å². The van der Waals surface area contributed by atoms with Crippen LogP contribution in [0.3, 0.4) is 0 Å². The first-order valence-electron chi connectivity index (χ1n) is 10.9. The number of fused-ring (bicyclic) bond motifs is 1. The summed E-state index contributed by atoms with van der Waals surface area (Å²) in [5.41, 5.74) is 1.30. The normalized spacial score (nSPS) is 14.4. The molecule has 3 aromatic rings. The average Bonchev–Trinajstić information content (AvgIpc) is 2.80. The highest BCUT2D eigenvalue weighted by Crippen LogP contribution is 2.33. The third-order valence-corrected chi connectivity index (χ3v) is 7.85. The van der Waals surface area contributed by atoms with Gasteiger partial charge in [-0.25, -0.2) is 17.2 Å². The minimum absolute atomic E-state index is 0.0308. The number of hydrogen-bond acceptors (Lipinski definition) is 3. The number of amides is 1. The molecule has 0 aromatic heterocycles. The number of hydrogen-bond donors (Lipinski definition) is 1. The van der Waals surface area contributed by atoms with Crippen molar-refractivity contribution in [3.8, 4) is 0 Å². The molecule has 1 N–H and O–H groups in total. The van der Waals surface area contributed by atoms with E-state index in [1.165, 1.54) is 16.4 Å². The lowest BCUT2D eigenvalue weighted by Crippen LogP contribution is -2.36. The van der Waals surface area contributed by atoms with E-state index in [2.05, 4.69) is 5.32 Å². The number of carbonyl (C=O) groups is 1. The Labute approximate surface area is 204 Å². The van der Waals surface area contributed by atoms with Crippen molar-refractivity contribution in [1.82, 2.24) is 4.31 Å². The van der Waals surface area contributed by atoms with Gasteiger partial charge in [0.25, 0.3) is 0 Å². The molecule has 36 heavy (non-hydrogen) atoms. The lowest BCUT2D eigenvalue weighted by Gasteiger charge is -2.30. The number of nitrogens with one attached hydrogen (secondary N) is 1. The Morgan fingerprint density at radius 2 is 1.72 bits per heavy atom. The number of nitrogens with zero attached hydrogens (tertiary/aromatic N) is 1. The van der Waals surface area contributed by atoms with Crippen molar-refractivity contribution >= 4 is 21.6 Å². The number of carbonyl (C=O) groups excluding carboxylic acids is 1. The smallest absolute Gasteiger partial charge is 0.325 e. The van der Waals surface area contributed by atoms with Gasteiger partial charge in [-0.2, -0.15) is 17.5 Å². The van der Waals surface area contributed by atoms with Crippen LogP contribution in [0.15, 0.2) is 59.5 Å². The highest BCUT2D eigenvalue weighted by molar-refractivity contribution is 7.89. The highest BCUT2D eigenvalue weighted by atomic mass is 32.2. The van der Waals surface area contributed by atoms with Gasteiger partial charge in [-0.15, -0.1) is 0 Å². The molecular weight excluding hydrogens is 503 g/mol. The lowest BCUT2D eigenvalue weighted by atomic mass is 9.95. The van der Waals surface area contributed by atoms with Gasteiger partial charge in [-0.3, -0.25) is 4.79 Å². The first kappa shape index (κ1) is 25.8. The average molecular weight is 525 g/mol. The maximum Gasteiger partial charge on any atom is 0.419 e. The van der Waals surface area contributed by atoms with Crippen LogP contribution in [0.1, 0.15) is 27.8 Å². The van der Waals surface area contributed by atoms with Crippen molar-refractivity contribution in [2.24, 2.45) is 0 Å². The molecule has 0 spiro atoms. The summed E-state index contributed by atoms with van der Waals surface area (Å²) in [6.45, 7) is 1.93. The fourth-order valence-electron chi connectivity index (χ4n) is 4.15. The van der Waals surface area contributed by atoms with Crippen molar-refractivity contribution in [3.63, 3.8) is 0 Å². The van der Waals surface area contributed by atoms with Crippen LogP contribution >= 0.6 is 0 Å². The molecule has 0 saturated heterocycles. The fourth-order valence-corrected chi connectivity index (χ4v) is 5.57. The molecule has 0 unspecified atom stereocenters. The van der Waals surface area contributed by atoms with Crippen LogP contribution in [0.2, 0.25) is 0 Å². The zero-order valence-electron chi connectivity index (χ0n) is 19.0. The summed E-state index contributed by atoms with van der Waals surface area (Å²) < 4.78 is 92.6. The van der Waals surface area contributed by atoms with Crippen molar-refractivity contribution in [2.75, 3.05) is 11.9 Å². The van der Waals surface area contributed by atoms with E-state index in [-0.39, 0.29) is 30.0 Å². The molecule has 3 aromatic carbocycles. The van der Waals surface area contributed by atoms with Gasteiger partial charge in [0, 0.05) is 18.8 Å². The number of alkyl halides is 3. The van der Waals surface area contributed by atoms with Crippen LogP contribution in [0, 0.1) is 18.6 Å². The molecule has 1 aliphatic heterocycles.